The summed E-state index contributed by atoms with van der Waals surface area (Å²) in [7, 11) is 0. The lowest BCUT2D eigenvalue weighted by atomic mass is 10.1. The van der Waals surface area contributed by atoms with E-state index in [2.05, 4.69) is 5.32 Å². The molecular formula is C15H11ClN2O4. The van der Waals surface area contributed by atoms with Crippen LogP contribution in [0.15, 0.2) is 36.4 Å². The molecule has 112 valence electrons. The van der Waals surface area contributed by atoms with Gasteiger partial charge in [0.2, 0.25) is 0 Å². The summed E-state index contributed by atoms with van der Waals surface area (Å²) in [6.07, 6.45) is 0.842. The van der Waals surface area contributed by atoms with Crippen LogP contribution in [0.5, 0.6) is 11.5 Å². The van der Waals surface area contributed by atoms with E-state index in [1.54, 1.807) is 12.1 Å². The predicted molar refractivity (Wildman–Crippen MR) is 80.3 cm³/mol. The van der Waals surface area contributed by atoms with Gasteiger partial charge in [-0.2, -0.15) is 0 Å². The van der Waals surface area contributed by atoms with E-state index in [0.29, 0.717) is 18.0 Å². The number of carbonyl (C=O) groups excluding carboxylic acids is 1. The topological polar surface area (TPSA) is 81.5 Å². The smallest absolute Gasteiger partial charge is 0.271 e. The Morgan fingerprint density at radius 2 is 2.14 bits per heavy atom. The third-order valence-electron chi connectivity index (χ3n) is 3.45. The first-order valence-corrected chi connectivity index (χ1v) is 6.89. The highest BCUT2D eigenvalue weighted by atomic mass is 35.5. The van der Waals surface area contributed by atoms with Crippen molar-refractivity contribution in [1.82, 2.24) is 5.32 Å². The average molecular weight is 319 g/mol. The van der Waals surface area contributed by atoms with Gasteiger partial charge in [0.25, 0.3) is 5.69 Å². The summed E-state index contributed by atoms with van der Waals surface area (Å²) >= 11 is 6.00. The molecule has 1 aliphatic heterocycles. The summed E-state index contributed by atoms with van der Waals surface area (Å²) < 4.78 is 5.66. The molecule has 6 nitrogen and oxygen atoms in total. The molecule has 0 amide bonds. The van der Waals surface area contributed by atoms with E-state index < -0.39 is 4.92 Å². The van der Waals surface area contributed by atoms with Crippen LogP contribution >= 0.6 is 11.6 Å². The molecule has 1 aliphatic rings. The van der Waals surface area contributed by atoms with Crippen molar-refractivity contribution in [2.75, 3.05) is 0 Å². The van der Waals surface area contributed by atoms with Gasteiger partial charge in [-0.3, -0.25) is 15.4 Å². The van der Waals surface area contributed by atoms with Crippen LogP contribution in [0.2, 0.25) is 5.02 Å². The number of nitrogens with zero attached hydrogens (tertiary/aromatic N) is 1. The van der Waals surface area contributed by atoms with Gasteiger partial charge in [-0.25, -0.2) is 0 Å². The molecule has 2 aromatic carbocycles. The average Bonchev–Trinajstić information content (AvgIpc) is 2.91. The Bertz CT molecular complexity index is 763. The van der Waals surface area contributed by atoms with Crippen LogP contribution in [-0.4, -0.2) is 11.2 Å². The summed E-state index contributed by atoms with van der Waals surface area (Å²) in [5, 5.41) is 13.9. The molecule has 3 rings (SSSR count). The van der Waals surface area contributed by atoms with Gasteiger partial charge in [0, 0.05) is 18.7 Å². The first-order chi connectivity index (χ1) is 10.6. The third kappa shape index (κ3) is 2.66. The normalized spacial score (nSPS) is 16.1. The minimum atomic E-state index is -0.522. The summed E-state index contributed by atoms with van der Waals surface area (Å²) in [6.45, 7) is 0.636. The predicted octanol–water partition coefficient (Wildman–Crippen LogP) is 3.38. The maximum absolute atomic E-state index is 11.0. The summed E-state index contributed by atoms with van der Waals surface area (Å²) in [5.74, 6) is 0.839. The molecule has 1 atom stereocenters. The zero-order chi connectivity index (χ0) is 15.7. The van der Waals surface area contributed by atoms with Gasteiger partial charge in [-0.05, 0) is 29.3 Å². The number of halogens is 1. The van der Waals surface area contributed by atoms with Crippen LogP contribution in [0.25, 0.3) is 0 Å². The Labute approximate surface area is 130 Å². The monoisotopic (exact) mass is 318 g/mol. The van der Waals surface area contributed by atoms with Crippen LogP contribution in [0, 0.1) is 10.1 Å². The van der Waals surface area contributed by atoms with Crippen molar-refractivity contribution >= 4 is 23.6 Å². The number of hydrogen-bond acceptors (Lipinski definition) is 5. The van der Waals surface area contributed by atoms with E-state index in [1.807, 2.05) is 6.07 Å². The number of nitro benzene ring substituents is 1. The number of non-ortho nitro benzene ring substituents is 1. The number of nitrogens with one attached hydrogen (secondary N) is 1. The van der Waals surface area contributed by atoms with Crippen LogP contribution in [-0.2, 0) is 11.3 Å². The standard InChI is InChI=1S/C15H11ClN2O4/c16-13-5-10(18(20)21)2-4-15(13)22-11-3-1-9-7-17-14(8-19)12(9)6-11/h1-6,8,14,17H,7H2. The minimum Gasteiger partial charge on any atom is -0.456 e. The lowest BCUT2D eigenvalue weighted by molar-refractivity contribution is -0.384. The molecular weight excluding hydrogens is 308 g/mol. The van der Waals surface area contributed by atoms with Gasteiger partial charge >= 0.3 is 0 Å². The van der Waals surface area contributed by atoms with E-state index in [1.165, 1.54) is 18.2 Å². The number of fused-ring (bicyclic) bond motifs is 1. The van der Waals surface area contributed by atoms with E-state index in [9.17, 15) is 14.9 Å². The van der Waals surface area contributed by atoms with Crippen LogP contribution in [0.3, 0.4) is 0 Å². The molecule has 0 saturated carbocycles. The number of hydrogen-bond donors (Lipinski definition) is 1. The molecule has 2 aromatic rings. The number of carbonyl (C=O) groups is 1. The van der Waals surface area contributed by atoms with Crippen molar-refractivity contribution in [1.29, 1.82) is 0 Å². The van der Waals surface area contributed by atoms with Gasteiger partial charge in [0.1, 0.15) is 17.8 Å². The second-order valence-corrected chi connectivity index (χ2v) is 5.24. The van der Waals surface area contributed by atoms with Gasteiger partial charge in [-0.1, -0.05) is 17.7 Å². The fraction of sp³-hybridized carbons (Fsp3) is 0.133. The highest BCUT2D eigenvalue weighted by molar-refractivity contribution is 6.32. The van der Waals surface area contributed by atoms with Crippen LogP contribution < -0.4 is 10.1 Å². The first-order valence-electron chi connectivity index (χ1n) is 6.52. The third-order valence-corrected chi connectivity index (χ3v) is 3.75. The molecule has 0 saturated heterocycles. The van der Waals surface area contributed by atoms with Crippen molar-refractivity contribution in [2.24, 2.45) is 0 Å². The quantitative estimate of drug-likeness (QED) is 0.531. The zero-order valence-corrected chi connectivity index (χ0v) is 12.0. The summed E-state index contributed by atoms with van der Waals surface area (Å²) in [6, 6.07) is 9.08. The molecule has 0 bridgehead atoms. The number of nitro groups is 1. The Morgan fingerprint density at radius 1 is 1.32 bits per heavy atom. The summed E-state index contributed by atoms with van der Waals surface area (Å²) in [5.41, 5.74) is 1.81. The largest absolute Gasteiger partial charge is 0.456 e. The fourth-order valence-corrected chi connectivity index (χ4v) is 2.56. The van der Waals surface area contributed by atoms with Crippen molar-refractivity contribution in [3.8, 4) is 11.5 Å². The molecule has 0 spiro atoms. The molecule has 0 fully saturated rings. The second-order valence-electron chi connectivity index (χ2n) is 4.83. The van der Waals surface area contributed by atoms with Crippen molar-refractivity contribution in [3.63, 3.8) is 0 Å². The van der Waals surface area contributed by atoms with Crippen LogP contribution in [0.1, 0.15) is 17.2 Å². The molecule has 22 heavy (non-hydrogen) atoms. The molecule has 1 heterocycles. The van der Waals surface area contributed by atoms with Gasteiger partial charge < -0.3 is 9.53 Å². The zero-order valence-electron chi connectivity index (χ0n) is 11.3. The Kier molecular flexibility index (Phi) is 3.79. The number of ether oxygens (including phenoxy) is 1. The Hall–Kier alpha value is -2.44. The number of benzene rings is 2. The van der Waals surface area contributed by atoms with E-state index in [-0.39, 0.29) is 16.8 Å². The highest BCUT2D eigenvalue weighted by Crippen LogP contribution is 2.34. The Balaban J connectivity index is 1.88. The molecule has 1 N–H and O–H groups in total. The van der Waals surface area contributed by atoms with E-state index >= 15 is 0 Å². The number of aldehydes is 1. The molecule has 7 heteroatoms. The molecule has 0 radical (unpaired) electrons. The van der Waals surface area contributed by atoms with Crippen molar-refractivity contribution < 1.29 is 14.5 Å². The number of rotatable bonds is 4. The second kappa shape index (κ2) is 5.75. The first kappa shape index (κ1) is 14.5. The van der Waals surface area contributed by atoms with Crippen LogP contribution in [0.4, 0.5) is 5.69 Å². The van der Waals surface area contributed by atoms with Gasteiger partial charge in [-0.15, -0.1) is 0 Å². The lowest BCUT2D eigenvalue weighted by Crippen LogP contribution is -2.12. The minimum absolute atomic E-state index is 0.100. The maximum atomic E-state index is 11.0. The molecule has 0 aromatic heterocycles. The van der Waals surface area contributed by atoms with Crippen molar-refractivity contribution in [2.45, 2.75) is 12.6 Å². The van der Waals surface area contributed by atoms with E-state index in [0.717, 1.165) is 17.4 Å². The SMILES string of the molecule is O=CC1NCc2ccc(Oc3ccc([N+](=O)[O-])cc3Cl)cc21. The van der Waals surface area contributed by atoms with E-state index in [4.69, 9.17) is 16.3 Å². The fourth-order valence-electron chi connectivity index (χ4n) is 2.35. The van der Waals surface area contributed by atoms with Gasteiger partial charge in [0.05, 0.1) is 16.0 Å². The van der Waals surface area contributed by atoms with Crippen molar-refractivity contribution in [3.05, 3.63) is 62.7 Å². The maximum Gasteiger partial charge on any atom is 0.271 e. The molecule has 0 aliphatic carbocycles. The summed E-state index contributed by atoms with van der Waals surface area (Å²) in [4.78, 5) is 21.2. The molecule has 1 unspecified atom stereocenters. The Morgan fingerprint density at radius 3 is 2.82 bits per heavy atom. The highest BCUT2D eigenvalue weighted by Gasteiger charge is 2.22. The van der Waals surface area contributed by atoms with Gasteiger partial charge in [0.15, 0.2) is 0 Å². The lowest BCUT2D eigenvalue weighted by Gasteiger charge is -2.10.